The Labute approximate surface area is 103 Å². The Kier molecular flexibility index (Phi) is 4.21. The highest BCUT2D eigenvalue weighted by atomic mass is 16.6. The zero-order valence-electron chi connectivity index (χ0n) is 9.66. The van der Waals surface area contributed by atoms with Crippen LogP contribution >= 0.6 is 0 Å². The van der Waals surface area contributed by atoms with E-state index in [2.05, 4.69) is 0 Å². The van der Waals surface area contributed by atoms with Crippen molar-refractivity contribution in [3.05, 3.63) is 33.9 Å². The first-order valence-electron chi connectivity index (χ1n) is 5.14. The van der Waals surface area contributed by atoms with Crippen LogP contribution in [-0.4, -0.2) is 29.1 Å². The fourth-order valence-electron chi connectivity index (χ4n) is 1.54. The molecule has 0 aromatic heterocycles. The maximum Gasteiger partial charge on any atom is 0.323 e. The molecule has 0 fully saturated rings. The summed E-state index contributed by atoms with van der Waals surface area (Å²) in [5.74, 6) is -1.07. The number of nitro benzene ring substituents is 1. The second-order valence-electron chi connectivity index (χ2n) is 3.48. The van der Waals surface area contributed by atoms with Gasteiger partial charge in [0.1, 0.15) is 12.2 Å². The van der Waals surface area contributed by atoms with Crippen molar-refractivity contribution >= 4 is 17.3 Å². The van der Waals surface area contributed by atoms with Crippen molar-refractivity contribution in [1.29, 1.82) is 5.26 Å². The molecule has 0 saturated heterocycles. The Balaban J connectivity index is 3.25. The summed E-state index contributed by atoms with van der Waals surface area (Å²) in [5, 5.41) is 28.4. The zero-order chi connectivity index (χ0) is 13.7. The molecule has 18 heavy (non-hydrogen) atoms. The van der Waals surface area contributed by atoms with Gasteiger partial charge in [0.25, 0.3) is 5.69 Å². The van der Waals surface area contributed by atoms with Gasteiger partial charge in [0.05, 0.1) is 16.6 Å². The Bertz CT molecular complexity index is 522. The van der Waals surface area contributed by atoms with Gasteiger partial charge in [-0.05, 0) is 19.1 Å². The van der Waals surface area contributed by atoms with Crippen LogP contribution in [0, 0.1) is 21.4 Å². The molecule has 0 atom stereocenters. The number of carboxylic acids is 1. The van der Waals surface area contributed by atoms with Crippen molar-refractivity contribution in [3.8, 4) is 6.07 Å². The number of carboxylic acid groups (broad SMARTS) is 1. The van der Waals surface area contributed by atoms with Crippen LogP contribution in [0.15, 0.2) is 18.2 Å². The third kappa shape index (κ3) is 2.95. The molecule has 0 aliphatic heterocycles. The topological polar surface area (TPSA) is 107 Å². The number of carbonyl (C=O) groups is 1. The van der Waals surface area contributed by atoms with Crippen LogP contribution in [0.2, 0.25) is 0 Å². The fraction of sp³-hybridized carbons (Fsp3) is 0.273. The molecule has 0 unspecified atom stereocenters. The van der Waals surface area contributed by atoms with Crippen LogP contribution in [0.3, 0.4) is 0 Å². The number of nitrogens with zero attached hydrogens (tertiary/aromatic N) is 3. The SMILES string of the molecule is CCN(CC(=O)O)c1ccc(C#N)cc1[N+](=O)[O-]. The molecule has 1 aromatic rings. The quantitative estimate of drug-likeness (QED) is 0.623. The summed E-state index contributed by atoms with van der Waals surface area (Å²) in [6.07, 6.45) is 0. The molecule has 0 spiro atoms. The van der Waals surface area contributed by atoms with Gasteiger partial charge in [0.2, 0.25) is 0 Å². The monoisotopic (exact) mass is 249 g/mol. The van der Waals surface area contributed by atoms with Crippen molar-refractivity contribution in [1.82, 2.24) is 0 Å². The van der Waals surface area contributed by atoms with E-state index in [1.807, 2.05) is 6.07 Å². The number of aliphatic carboxylic acids is 1. The summed E-state index contributed by atoms with van der Waals surface area (Å²) < 4.78 is 0. The van der Waals surface area contributed by atoms with E-state index < -0.39 is 10.9 Å². The van der Waals surface area contributed by atoms with Gasteiger partial charge in [0.15, 0.2) is 0 Å². The van der Waals surface area contributed by atoms with Crippen LogP contribution < -0.4 is 4.90 Å². The highest BCUT2D eigenvalue weighted by Gasteiger charge is 2.20. The van der Waals surface area contributed by atoms with E-state index in [0.29, 0.717) is 6.54 Å². The predicted octanol–water partition coefficient (Wildman–Crippen LogP) is 1.38. The number of anilines is 1. The largest absolute Gasteiger partial charge is 0.480 e. The van der Waals surface area contributed by atoms with Crippen molar-refractivity contribution < 1.29 is 14.8 Å². The van der Waals surface area contributed by atoms with E-state index >= 15 is 0 Å². The van der Waals surface area contributed by atoms with Gasteiger partial charge >= 0.3 is 5.97 Å². The average Bonchev–Trinajstić information content (AvgIpc) is 2.34. The van der Waals surface area contributed by atoms with Crippen molar-refractivity contribution in [2.45, 2.75) is 6.92 Å². The molecule has 0 saturated carbocycles. The number of nitriles is 1. The Hall–Kier alpha value is -2.62. The maximum atomic E-state index is 10.9. The average molecular weight is 249 g/mol. The number of nitro groups is 1. The highest BCUT2D eigenvalue weighted by Crippen LogP contribution is 2.28. The molecule has 0 bridgehead atoms. The minimum atomic E-state index is -1.07. The smallest absolute Gasteiger partial charge is 0.323 e. The lowest BCUT2D eigenvalue weighted by molar-refractivity contribution is -0.384. The first kappa shape index (κ1) is 13.4. The highest BCUT2D eigenvalue weighted by molar-refractivity contribution is 5.76. The van der Waals surface area contributed by atoms with Gasteiger partial charge in [0, 0.05) is 12.6 Å². The van der Waals surface area contributed by atoms with Crippen molar-refractivity contribution in [3.63, 3.8) is 0 Å². The van der Waals surface area contributed by atoms with Gasteiger partial charge in [-0.2, -0.15) is 5.26 Å². The molecule has 0 aliphatic rings. The van der Waals surface area contributed by atoms with E-state index in [9.17, 15) is 14.9 Å². The number of likely N-dealkylation sites (N-methyl/N-ethyl adjacent to an activating group) is 1. The minimum Gasteiger partial charge on any atom is -0.480 e. The first-order chi connectivity index (χ1) is 8.49. The summed E-state index contributed by atoms with van der Waals surface area (Å²) in [5.41, 5.74) is 0.0953. The van der Waals surface area contributed by atoms with Crippen LogP contribution in [0.1, 0.15) is 12.5 Å². The molecule has 1 rings (SSSR count). The van der Waals surface area contributed by atoms with Crippen LogP contribution in [0.5, 0.6) is 0 Å². The van der Waals surface area contributed by atoms with Gasteiger partial charge in [-0.15, -0.1) is 0 Å². The predicted molar refractivity (Wildman–Crippen MR) is 63.3 cm³/mol. The van der Waals surface area contributed by atoms with E-state index in [4.69, 9.17) is 10.4 Å². The molecule has 1 N–H and O–H groups in total. The molecular formula is C11H11N3O4. The van der Waals surface area contributed by atoms with E-state index in [1.165, 1.54) is 17.0 Å². The second-order valence-corrected chi connectivity index (χ2v) is 3.48. The van der Waals surface area contributed by atoms with E-state index in [1.54, 1.807) is 6.92 Å². The van der Waals surface area contributed by atoms with E-state index in [0.717, 1.165) is 6.07 Å². The molecule has 7 heteroatoms. The van der Waals surface area contributed by atoms with E-state index in [-0.39, 0.29) is 23.5 Å². The van der Waals surface area contributed by atoms with Crippen LogP contribution in [-0.2, 0) is 4.79 Å². The molecule has 0 heterocycles. The normalized spacial score (nSPS) is 9.56. The molecule has 1 aromatic carbocycles. The molecule has 0 aliphatic carbocycles. The second kappa shape index (κ2) is 5.63. The van der Waals surface area contributed by atoms with Gasteiger partial charge in [-0.1, -0.05) is 0 Å². The number of rotatable bonds is 5. The van der Waals surface area contributed by atoms with Gasteiger partial charge in [-0.25, -0.2) is 0 Å². The van der Waals surface area contributed by atoms with Crippen molar-refractivity contribution in [2.24, 2.45) is 0 Å². The maximum absolute atomic E-state index is 10.9. The summed E-state index contributed by atoms with van der Waals surface area (Å²) in [6.45, 7) is 1.69. The number of benzene rings is 1. The third-order valence-electron chi connectivity index (χ3n) is 2.35. The molecular weight excluding hydrogens is 238 g/mol. The van der Waals surface area contributed by atoms with Gasteiger partial charge < -0.3 is 10.0 Å². The van der Waals surface area contributed by atoms with Crippen LogP contribution in [0.25, 0.3) is 0 Å². The lowest BCUT2D eigenvalue weighted by Crippen LogP contribution is -2.29. The fourth-order valence-corrected chi connectivity index (χ4v) is 1.54. The minimum absolute atomic E-state index is 0.164. The molecule has 0 amide bonds. The summed E-state index contributed by atoms with van der Waals surface area (Å²) in [4.78, 5) is 22.3. The van der Waals surface area contributed by atoms with Crippen molar-refractivity contribution in [2.75, 3.05) is 18.0 Å². The standard InChI is InChI=1S/C11H11N3O4/c1-2-13(7-11(15)16)9-4-3-8(6-12)5-10(9)14(17)18/h3-5H,2,7H2,1H3,(H,15,16). The molecule has 0 radical (unpaired) electrons. The molecule has 7 nitrogen and oxygen atoms in total. The lowest BCUT2D eigenvalue weighted by atomic mass is 10.1. The summed E-state index contributed by atoms with van der Waals surface area (Å²) >= 11 is 0. The number of hydrogen-bond donors (Lipinski definition) is 1. The summed E-state index contributed by atoms with van der Waals surface area (Å²) in [6, 6.07) is 5.76. The Morgan fingerprint density at radius 3 is 2.72 bits per heavy atom. The first-order valence-corrected chi connectivity index (χ1v) is 5.14. The Morgan fingerprint density at radius 2 is 2.28 bits per heavy atom. The van der Waals surface area contributed by atoms with Crippen LogP contribution in [0.4, 0.5) is 11.4 Å². The Morgan fingerprint density at radius 1 is 1.61 bits per heavy atom. The number of hydrogen-bond acceptors (Lipinski definition) is 5. The molecule has 94 valence electrons. The van der Waals surface area contributed by atoms with Gasteiger partial charge in [-0.3, -0.25) is 14.9 Å². The summed E-state index contributed by atoms with van der Waals surface area (Å²) in [7, 11) is 0. The lowest BCUT2D eigenvalue weighted by Gasteiger charge is -2.20. The third-order valence-corrected chi connectivity index (χ3v) is 2.35. The zero-order valence-corrected chi connectivity index (χ0v) is 9.66.